The summed E-state index contributed by atoms with van der Waals surface area (Å²) < 4.78 is 5.42. The van der Waals surface area contributed by atoms with Crippen LogP contribution in [0.15, 0.2) is 48.5 Å². The summed E-state index contributed by atoms with van der Waals surface area (Å²) in [5, 5.41) is 3.02. The molecule has 0 bridgehead atoms. The monoisotopic (exact) mass is 366 g/mol. The molecular formula is C23H30N2O2. The molecule has 1 fully saturated rings. The second-order valence-electron chi connectivity index (χ2n) is 7.07. The van der Waals surface area contributed by atoms with E-state index >= 15 is 0 Å². The number of aryl methyl sites for hydroxylation is 1. The fourth-order valence-corrected chi connectivity index (χ4v) is 3.49. The minimum Gasteiger partial charge on any atom is -0.494 e. The fraction of sp³-hybridized carbons (Fsp3) is 0.435. The van der Waals surface area contributed by atoms with Crippen molar-refractivity contribution in [3.63, 3.8) is 0 Å². The van der Waals surface area contributed by atoms with Crippen LogP contribution >= 0.6 is 0 Å². The molecule has 144 valence electrons. The SMILES string of the molecule is CCOc1ccc(CC(=O)NCCCc2ccc(N3CCCC3)cc2)cc1. The minimum atomic E-state index is 0.0727. The first-order valence-corrected chi connectivity index (χ1v) is 10.1. The summed E-state index contributed by atoms with van der Waals surface area (Å²) in [6.45, 7) is 5.69. The van der Waals surface area contributed by atoms with Crippen molar-refractivity contribution >= 4 is 11.6 Å². The lowest BCUT2D eigenvalue weighted by Crippen LogP contribution is -2.26. The van der Waals surface area contributed by atoms with Gasteiger partial charge in [-0.1, -0.05) is 24.3 Å². The van der Waals surface area contributed by atoms with Gasteiger partial charge in [-0.2, -0.15) is 0 Å². The van der Waals surface area contributed by atoms with Gasteiger partial charge in [-0.05, 0) is 68.0 Å². The maximum Gasteiger partial charge on any atom is 0.224 e. The van der Waals surface area contributed by atoms with Crippen LogP contribution in [0.4, 0.5) is 5.69 Å². The van der Waals surface area contributed by atoms with E-state index in [1.807, 2.05) is 31.2 Å². The summed E-state index contributed by atoms with van der Waals surface area (Å²) in [5.41, 5.74) is 3.67. The van der Waals surface area contributed by atoms with E-state index in [1.54, 1.807) is 0 Å². The van der Waals surface area contributed by atoms with Crippen LogP contribution in [0.5, 0.6) is 5.75 Å². The number of carbonyl (C=O) groups excluding carboxylic acids is 1. The number of carbonyl (C=O) groups is 1. The molecule has 1 aliphatic rings. The van der Waals surface area contributed by atoms with Crippen molar-refractivity contribution in [2.24, 2.45) is 0 Å². The second-order valence-corrected chi connectivity index (χ2v) is 7.07. The standard InChI is InChI=1S/C23H30N2O2/c1-2-27-22-13-9-20(10-14-22)18-23(26)24-15-5-6-19-7-11-21(12-8-19)25-16-3-4-17-25/h7-14H,2-6,15-18H2,1H3,(H,24,26). The maximum atomic E-state index is 12.1. The Balaban J connectivity index is 1.35. The van der Waals surface area contributed by atoms with Crippen molar-refractivity contribution in [1.82, 2.24) is 5.32 Å². The van der Waals surface area contributed by atoms with Gasteiger partial charge in [0.25, 0.3) is 0 Å². The van der Waals surface area contributed by atoms with Crippen LogP contribution in [0, 0.1) is 0 Å². The maximum absolute atomic E-state index is 12.1. The quantitative estimate of drug-likeness (QED) is 0.683. The molecule has 1 amide bonds. The van der Waals surface area contributed by atoms with Crippen molar-refractivity contribution in [3.8, 4) is 5.75 Å². The second kappa shape index (κ2) is 10.0. The minimum absolute atomic E-state index is 0.0727. The molecule has 2 aromatic rings. The van der Waals surface area contributed by atoms with Crippen LogP contribution in [-0.2, 0) is 17.6 Å². The molecule has 4 heteroatoms. The largest absolute Gasteiger partial charge is 0.494 e. The van der Waals surface area contributed by atoms with Gasteiger partial charge in [-0.25, -0.2) is 0 Å². The zero-order chi connectivity index (χ0) is 18.9. The zero-order valence-electron chi connectivity index (χ0n) is 16.2. The van der Waals surface area contributed by atoms with E-state index in [-0.39, 0.29) is 5.91 Å². The Hall–Kier alpha value is -2.49. The van der Waals surface area contributed by atoms with Crippen molar-refractivity contribution in [2.45, 2.75) is 39.0 Å². The highest BCUT2D eigenvalue weighted by Gasteiger charge is 2.11. The number of hydrogen-bond donors (Lipinski definition) is 1. The molecule has 1 N–H and O–H groups in total. The molecule has 1 aliphatic heterocycles. The highest BCUT2D eigenvalue weighted by Crippen LogP contribution is 2.20. The summed E-state index contributed by atoms with van der Waals surface area (Å²) in [7, 11) is 0. The third kappa shape index (κ3) is 6.02. The van der Waals surface area contributed by atoms with Crippen LogP contribution in [0.1, 0.15) is 37.3 Å². The summed E-state index contributed by atoms with van der Waals surface area (Å²) in [5.74, 6) is 0.918. The van der Waals surface area contributed by atoms with Gasteiger partial charge in [0.1, 0.15) is 5.75 Å². The smallest absolute Gasteiger partial charge is 0.224 e. The number of rotatable bonds is 9. The van der Waals surface area contributed by atoms with Crippen molar-refractivity contribution < 1.29 is 9.53 Å². The van der Waals surface area contributed by atoms with Gasteiger partial charge in [0.05, 0.1) is 13.0 Å². The Morgan fingerprint density at radius 2 is 1.67 bits per heavy atom. The van der Waals surface area contributed by atoms with Gasteiger partial charge in [0.15, 0.2) is 0 Å². The predicted molar refractivity (Wildman–Crippen MR) is 111 cm³/mol. The first-order chi connectivity index (χ1) is 13.2. The molecule has 0 aliphatic carbocycles. The molecular weight excluding hydrogens is 336 g/mol. The molecule has 27 heavy (non-hydrogen) atoms. The summed E-state index contributed by atoms with van der Waals surface area (Å²) >= 11 is 0. The Labute approximate surface area is 162 Å². The number of nitrogens with zero attached hydrogens (tertiary/aromatic N) is 1. The van der Waals surface area contributed by atoms with Crippen molar-refractivity contribution in [2.75, 3.05) is 31.1 Å². The average molecular weight is 367 g/mol. The Morgan fingerprint density at radius 1 is 1.00 bits per heavy atom. The van der Waals surface area contributed by atoms with Crippen LogP contribution < -0.4 is 15.0 Å². The van der Waals surface area contributed by atoms with Gasteiger partial charge in [0, 0.05) is 25.3 Å². The summed E-state index contributed by atoms with van der Waals surface area (Å²) in [4.78, 5) is 14.5. The van der Waals surface area contributed by atoms with Gasteiger partial charge in [-0.15, -0.1) is 0 Å². The van der Waals surface area contributed by atoms with Crippen LogP contribution in [0.2, 0.25) is 0 Å². The lowest BCUT2D eigenvalue weighted by molar-refractivity contribution is -0.120. The normalized spacial score (nSPS) is 13.6. The van der Waals surface area contributed by atoms with E-state index in [0.29, 0.717) is 19.6 Å². The lowest BCUT2D eigenvalue weighted by Gasteiger charge is -2.17. The topological polar surface area (TPSA) is 41.6 Å². The van der Waals surface area contributed by atoms with Gasteiger partial charge < -0.3 is 15.0 Å². The highest BCUT2D eigenvalue weighted by molar-refractivity contribution is 5.78. The summed E-state index contributed by atoms with van der Waals surface area (Å²) in [6, 6.07) is 16.6. The number of hydrogen-bond acceptors (Lipinski definition) is 3. The Morgan fingerprint density at radius 3 is 2.33 bits per heavy atom. The third-order valence-electron chi connectivity index (χ3n) is 4.97. The predicted octanol–water partition coefficient (Wildman–Crippen LogP) is 3.98. The average Bonchev–Trinajstić information content (AvgIpc) is 3.22. The number of benzene rings is 2. The van der Waals surface area contributed by atoms with E-state index in [0.717, 1.165) is 24.2 Å². The lowest BCUT2D eigenvalue weighted by atomic mass is 10.1. The van der Waals surface area contributed by atoms with Crippen LogP contribution in [0.25, 0.3) is 0 Å². The first-order valence-electron chi connectivity index (χ1n) is 10.1. The van der Waals surface area contributed by atoms with E-state index in [9.17, 15) is 4.79 Å². The molecule has 1 saturated heterocycles. The molecule has 0 saturated carbocycles. The first kappa shape index (κ1) is 19.3. The Kier molecular flexibility index (Phi) is 7.14. The fourth-order valence-electron chi connectivity index (χ4n) is 3.49. The van der Waals surface area contributed by atoms with Gasteiger partial charge in [0.2, 0.25) is 5.91 Å². The number of amides is 1. The Bertz CT molecular complexity index is 704. The molecule has 3 rings (SSSR count). The van der Waals surface area contributed by atoms with E-state index < -0.39 is 0 Å². The van der Waals surface area contributed by atoms with Crippen molar-refractivity contribution in [3.05, 3.63) is 59.7 Å². The molecule has 0 atom stereocenters. The third-order valence-corrected chi connectivity index (χ3v) is 4.97. The molecule has 1 heterocycles. The van der Waals surface area contributed by atoms with Gasteiger partial charge >= 0.3 is 0 Å². The molecule has 0 radical (unpaired) electrons. The summed E-state index contributed by atoms with van der Waals surface area (Å²) in [6.07, 6.45) is 4.97. The molecule has 0 spiro atoms. The molecule has 0 unspecified atom stereocenters. The van der Waals surface area contributed by atoms with Crippen molar-refractivity contribution in [1.29, 1.82) is 0 Å². The van der Waals surface area contributed by atoms with E-state index in [2.05, 4.69) is 34.5 Å². The van der Waals surface area contributed by atoms with Crippen LogP contribution in [0.3, 0.4) is 0 Å². The molecule has 0 aromatic heterocycles. The number of ether oxygens (including phenoxy) is 1. The number of anilines is 1. The number of nitrogens with one attached hydrogen (secondary N) is 1. The van der Waals surface area contributed by atoms with E-state index in [1.165, 1.54) is 37.2 Å². The van der Waals surface area contributed by atoms with E-state index in [4.69, 9.17) is 4.74 Å². The van der Waals surface area contributed by atoms with Gasteiger partial charge in [-0.3, -0.25) is 4.79 Å². The highest BCUT2D eigenvalue weighted by atomic mass is 16.5. The zero-order valence-corrected chi connectivity index (χ0v) is 16.2. The molecule has 2 aromatic carbocycles. The molecule has 4 nitrogen and oxygen atoms in total. The van der Waals surface area contributed by atoms with Crippen LogP contribution in [-0.4, -0.2) is 32.1 Å².